The first kappa shape index (κ1) is 34.7. The van der Waals surface area contributed by atoms with Gasteiger partial charge in [-0.2, -0.15) is 40.8 Å². The van der Waals surface area contributed by atoms with Crippen molar-refractivity contribution in [2.45, 2.75) is 30.8 Å². The van der Waals surface area contributed by atoms with Gasteiger partial charge in [0, 0.05) is 0 Å². The first-order chi connectivity index (χ1) is 12.0. The minimum Gasteiger partial charge on any atom is 4.00 e. The normalized spacial score (nSPS) is 10.4. The van der Waals surface area contributed by atoms with Crippen LogP contribution >= 0.6 is 0 Å². The fourth-order valence-corrected chi connectivity index (χ4v) is 4.78. The van der Waals surface area contributed by atoms with Gasteiger partial charge in [-0.3, -0.25) is 0 Å². The predicted molar refractivity (Wildman–Crippen MR) is 100 cm³/mol. The van der Waals surface area contributed by atoms with E-state index in [0.717, 1.165) is 31.8 Å². The van der Waals surface area contributed by atoms with Crippen LogP contribution in [-0.2, 0) is 25.8 Å². The molecule has 0 N–H and O–H groups in total. The van der Waals surface area contributed by atoms with E-state index in [1.165, 1.54) is 12.1 Å². The third-order valence-corrected chi connectivity index (χ3v) is 7.58. The quantitative estimate of drug-likeness (QED) is 0.254. The van der Waals surface area contributed by atoms with E-state index < -0.39 is 28.8 Å². The zero-order valence-electron chi connectivity index (χ0n) is 16.6. The van der Waals surface area contributed by atoms with E-state index in [0.29, 0.717) is 0 Å². The molecule has 0 aliphatic heterocycles. The van der Waals surface area contributed by atoms with Crippen molar-refractivity contribution in [1.29, 1.82) is 0 Å². The van der Waals surface area contributed by atoms with E-state index in [1.54, 1.807) is 21.1 Å². The van der Waals surface area contributed by atoms with Gasteiger partial charge in [-0.15, -0.1) is 0 Å². The molecule has 0 spiro atoms. The molecule has 0 radical (unpaired) electrons. The molecule has 0 aromatic heterocycles. The number of hydrogen-bond donors (Lipinski definition) is 0. The Bertz CT molecular complexity index is 357. The van der Waals surface area contributed by atoms with Gasteiger partial charge in [-0.25, -0.2) is 0 Å². The summed E-state index contributed by atoms with van der Waals surface area (Å²) < 4.78 is 72.3. The summed E-state index contributed by atoms with van der Waals surface area (Å²) in [5, 5.41) is 0.985. The maximum absolute atomic E-state index is 12.1. The molecular weight excluding hydrogens is 599 g/mol. The van der Waals surface area contributed by atoms with Crippen molar-refractivity contribution < 1.29 is 52.2 Å². The van der Waals surface area contributed by atoms with E-state index in [9.17, 15) is 26.3 Å². The van der Waals surface area contributed by atoms with Gasteiger partial charge < -0.3 is 16.0 Å². The topological polar surface area (TPSA) is 42.3 Å². The Kier molecular flexibility index (Phi) is 26.9. The molecule has 0 aliphatic carbocycles. The van der Waals surface area contributed by atoms with Crippen molar-refractivity contribution in [3.63, 3.8) is 0 Å². The van der Waals surface area contributed by atoms with E-state index in [-0.39, 0.29) is 25.8 Å². The van der Waals surface area contributed by atoms with Gasteiger partial charge in [-0.1, -0.05) is 20.8 Å². The third-order valence-electron chi connectivity index (χ3n) is 2.63. The molecule has 158 valence electrons. The summed E-state index contributed by atoms with van der Waals surface area (Å²) in [6.07, 6.45) is 0. The summed E-state index contributed by atoms with van der Waals surface area (Å²) in [4.78, 5) is 0. The molecule has 0 unspecified atom stereocenters. The van der Waals surface area contributed by atoms with Crippen LogP contribution in [0.5, 0.6) is 0 Å². The maximum atomic E-state index is 12.1. The average molecular weight is 629 g/mol. The van der Waals surface area contributed by atoms with Crippen LogP contribution in [-0.4, -0.2) is 65.1 Å². The SMILES string of the molecule is CC[N-]C.CC[N-]C.CC[N-]C.F[C](F)(F)[GeH]([c-]1cccc1)[C](F)(F)F.[Hf+4]. The molecule has 1 rings (SSSR count). The van der Waals surface area contributed by atoms with Crippen molar-refractivity contribution >= 4 is 18.7 Å². The molecule has 1 aromatic carbocycles. The van der Waals surface area contributed by atoms with Crippen molar-refractivity contribution in [2.75, 3.05) is 40.8 Å². The summed E-state index contributed by atoms with van der Waals surface area (Å²) in [7, 11) is 5.42. The summed E-state index contributed by atoms with van der Waals surface area (Å²) in [5.74, 6) is 0. The predicted octanol–water partition coefficient (Wildman–Crippen LogP) is 5.07. The van der Waals surface area contributed by atoms with Gasteiger partial charge in [0.25, 0.3) is 0 Å². The first-order valence-corrected chi connectivity index (χ1v) is 11.6. The Morgan fingerprint density at radius 1 is 0.704 bits per heavy atom. The number of hydrogen-bond acceptors (Lipinski definition) is 0. The zero-order chi connectivity index (χ0) is 21.2. The average Bonchev–Trinajstić information content (AvgIpc) is 3.06. The summed E-state index contributed by atoms with van der Waals surface area (Å²) in [5.41, 5.74) is 0. The standard InChI is InChI=1S/C7H5F6Ge.3C3H8N.Hf/c8-6(9,10)14(7(11,12)13)5-3-1-2-4-5;3*1-3-4-2;/h1-4,14H;3*3H2,1-2H3;/q4*-1;+4. The molecule has 11 heteroatoms. The zero-order valence-corrected chi connectivity index (χ0v) is 22.6. The Morgan fingerprint density at radius 3 is 1.07 bits per heavy atom. The van der Waals surface area contributed by atoms with Crippen LogP contribution in [0.3, 0.4) is 0 Å². The fraction of sp³-hybridized carbons (Fsp3) is 0.688. The van der Waals surface area contributed by atoms with Gasteiger partial charge in [-0.05, 0) is 0 Å². The molecule has 0 amide bonds. The van der Waals surface area contributed by atoms with Crippen LogP contribution in [0, 0.1) is 0 Å². The van der Waals surface area contributed by atoms with Crippen LogP contribution in [0.2, 0.25) is 0 Å². The molecule has 0 aliphatic rings. The summed E-state index contributed by atoms with van der Waals surface area (Å²) in [6, 6.07) is 4.16. The number of nitrogens with zero attached hydrogens (tertiary/aromatic N) is 3. The summed E-state index contributed by atoms with van der Waals surface area (Å²) in [6.45, 7) is 8.88. The Hall–Kier alpha value is 0.223. The van der Waals surface area contributed by atoms with Crippen LogP contribution in [0.1, 0.15) is 20.8 Å². The second kappa shape index (κ2) is 20.9. The van der Waals surface area contributed by atoms with E-state index in [4.69, 9.17) is 0 Å². The van der Waals surface area contributed by atoms with Crippen molar-refractivity contribution in [2.24, 2.45) is 0 Å². The monoisotopic (exact) mass is 631 g/mol. The molecule has 27 heavy (non-hydrogen) atoms. The van der Waals surface area contributed by atoms with Crippen LogP contribution in [0.15, 0.2) is 24.3 Å². The largest absolute Gasteiger partial charge is 4.00 e. The molecule has 0 saturated heterocycles. The number of alkyl halides is 6. The third kappa shape index (κ3) is 22.4. The Balaban J connectivity index is -0.000000169. The van der Waals surface area contributed by atoms with E-state index >= 15 is 0 Å². The molecule has 0 heterocycles. The molecular formula is C16H29F6GeHfN3. The van der Waals surface area contributed by atoms with Crippen molar-refractivity contribution in [3.05, 3.63) is 40.2 Å². The van der Waals surface area contributed by atoms with Gasteiger partial charge in [0.05, 0.1) is 0 Å². The Morgan fingerprint density at radius 2 is 0.926 bits per heavy atom. The van der Waals surface area contributed by atoms with Gasteiger partial charge >= 0.3 is 105 Å². The van der Waals surface area contributed by atoms with Gasteiger partial charge in [0.15, 0.2) is 0 Å². The van der Waals surface area contributed by atoms with Crippen molar-refractivity contribution in [1.82, 2.24) is 0 Å². The van der Waals surface area contributed by atoms with E-state index in [1.807, 2.05) is 20.8 Å². The summed E-state index contributed by atoms with van der Waals surface area (Å²) >= 11 is -5.46. The molecule has 0 saturated carbocycles. The molecule has 0 fully saturated rings. The molecule has 3 nitrogen and oxygen atoms in total. The second-order valence-corrected chi connectivity index (χ2v) is 10.6. The second-order valence-electron chi connectivity index (χ2n) is 4.63. The molecule has 0 atom stereocenters. The molecule has 0 bridgehead atoms. The minimum absolute atomic E-state index is 0. The first-order valence-electron chi connectivity index (χ1n) is 7.99. The van der Waals surface area contributed by atoms with E-state index in [2.05, 4.69) is 16.0 Å². The van der Waals surface area contributed by atoms with Gasteiger partial charge in [0.2, 0.25) is 0 Å². The maximum Gasteiger partial charge on any atom is 4.00 e. The Labute approximate surface area is 182 Å². The smallest absolute Gasteiger partial charge is 4.00 e. The van der Waals surface area contributed by atoms with Crippen LogP contribution in [0.4, 0.5) is 26.3 Å². The van der Waals surface area contributed by atoms with Crippen LogP contribution in [0.25, 0.3) is 16.0 Å². The van der Waals surface area contributed by atoms with Crippen molar-refractivity contribution in [3.8, 4) is 0 Å². The number of rotatable bonds is 4. The number of halogens is 6. The van der Waals surface area contributed by atoms with Gasteiger partial charge in [0.1, 0.15) is 0 Å². The van der Waals surface area contributed by atoms with Crippen LogP contribution < -0.4 is 4.40 Å². The minimum atomic E-state index is -5.46. The fourth-order valence-electron chi connectivity index (χ4n) is 1.14. The molecule has 1 aromatic rings.